The second-order valence-electron chi connectivity index (χ2n) is 1.96. The first-order chi connectivity index (χ1) is 3.66. The zero-order valence-electron chi connectivity index (χ0n) is 5.93. The maximum atomic E-state index is 4.78. The van der Waals surface area contributed by atoms with Crippen LogP contribution in [0, 0.1) is 0 Å². The molecule has 8 heavy (non-hydrogen) atoms. The lowest BCUT2D eigenvalue weighted by molar-refractivity contribution is -0.155. The second kappa shape index (κ2) is 3.83. The lowest BCUT2D eigenvalue weighted by Gasteiger charge is -2.17. The van der Waals surface area contributed by atoms with Gasteiger partial charge in [0.15, 0.2) is 0 Å². The van der Waals surface area contributed by atoms with E-state index in [0.717, 1.165) is 0 Å². The van der Waals surface area contributed by atoms with Crippen molar-refractivity contribution in [2.45, 2.75) is 19.9 Å². The zero-order valence-corrected chi connectivity index (χ0v) is 5.93. The van der Waals surface area contributed by atoms with Gasteiger partial charge in [-0.05, 0) is 13.8 Å². The third kappa shape index (κ3) is 4.05. The summed E-state index contributed by atoms with van der Waals surface area (Å²) in [5.74, 6) is 0. The number of hydrogen-bond acceptors (Lipinski definition) is 3. The minimum Gasteiger partial charge on any atom is -0.288 e. The predicted molar refractivity (Wildman–Crippen MR) is 33.0 cm³/mol. The Labute approximate surface area is 50.5 Å². The first-order valence-electron chi connectivity index (χ1n) is 2.71. The van der Waals surface area contributed by atoms with Crippen LogP contribution in [0.2, 0.25) is 0 Å². The van der Waals surface area contributed by atoms with E-state index in [1.807, 2.05) is 7.05 Å². The van der Waals surface area contributed by atoms with Gasteiger partial charge in [0.2, 0.25) is 0 Å². The van der Waals surface area contributed by atoms with Gasteiger partial charge in [0.05, 0.1) is 7.11 Å². The summed E-state index contributed by atoms with van der Waals surface area (Å²) in [4.78, 5) is 4.78. The molecule has 0 amide bonds. The van der Waals surface area contributed by atoms with Crippen LogP contribution in [0.1, 0.15) is 13.8 Å². The maximum absolute atomic E-state index is 4.78. The molecule has 0 aromatic carbocycles. The molecule has 0 aromatic heterocycles. The Hall–Kier alpha value is -0.120. The van der Waals surface area contributed by atoms with Gasteiger partial charge in [0, 0.05) is 13.1 Å². The fourth-order valence-corrected chi connectivity index (χ4v) is 0.416. The van der Waals surface area contributed by atoms with E-state index in [0.29, 0.717) is 6.04 Å². The van der Waals surface area contributed by atoms with Crippen LogP contribution in [0.15, 0.2) is 0 Å². The third-order valence-corrected chi connectivity index (χ3v) is 0.714. The van der Waals surface area contributed by atoms with E-state index in [1.165, 1.54) is 0 Å². The number of hydrogen-bond donors (Lipinski definition) is 1. The van der Waals surface area contributed by atoms with Crippen molar-refractivity contribution in [3.05, 3.63) is 0 Å². The third-order valence-electron chi connectivity index (χ3n) is 0.714. The molecule has 0 aliphatic heterocycles. The largest absolute Gasteiger partial charge is 0.288 e. The van der Waals surface area contributed by atoms with Gasteiger partial charge in [0.25, 0.3) is 0 Å². The molecule has 0 spiro atoms. The van der Waals surface area contributed by atoms with Crippen LogP contribution in [0.4, 0.5) is 0 Å². The highest BCUT2D eigenvalue weighted by molar-refractivity contribution is 4.41. The summed E-state index contributed by atoms with van der Waals surface area (Å²) in [7, 11) is 3.44. The van der Waals surface area contributed by atoms with E-state index in [1.54, 1.807) is 12.3 Å². The number of nitrogens with one attached hydrogen (secondary N) is 1. The molecule has 0 aliphatic carbocycles. The Bertz CT molecular complexity index is 56.4. The molecule has 0 bridgehead atoms. The van der Waals surface area contributed by atoms with Crippen LogP contribution in [0.25, 0.3) is 0 Å². The number of nitrogens with zero attached hydrogens (tertiary/aromatic N) is 1. The Balaban J connectivity index is 3.10. The van der Waals surface area contributed by atoms with Gasteiger partial charge >= 0.3 is 0 Å². The second-order valence-corrected chi connectivity index (χ2v) is 1.96. The molecular weight excluding hydrogens is 104 g/mol. The summed E-state index contributed by atoms with van der Waals surface area (Å²) in [6.45, 7) is 4.10. The van der Waals surface area contributed by atoms with Crippen LogP contribution < -0.4 is 5.43 Å². The first-order valence-corrected chi connectivity index (χ1v) is 2.71. The molecule has 0 aliphatic rings. The monoisotopic (exact) mass is 118 g/mol. The smallest absolute Gasteiger partial charge is 0.0591 e. The average Bonchev–Trinajstić information content (AvgIpc) is 1.65. The lowest BCUT2D eigenvalue weighted by Crippen LogP contribution is -2.38. The van der Waals surface area contributed by atoms with Crippen molar-refractivity contribution >= 4 is 0 Å². The van der Waals surface area contributed by atoms with E-state index in [9.17, 15) is 0 Å². The van der Waals surface area contributed by atoms with E-state index in [-0.39, 0.29) is 0 Å². The summed E-state index contributed by atoms with van der Waals surface area (Å²) in [6, 6.07) is 0.431. The molecule has 0 heterocycles. The summed E-state index contributed by atoms with van der Waals surface area (Å²) in [5, 5.41) is 1.57. The van der Waals surface area contributed by atoms with E-state index in [4.69, 9.17) is 4.84 Å². The summed E-state index contributed by atoms with van der Waals surface area (Å²) < 4.78 is 0. The Morgan fingerprint density at radius 1 is 1.50 bits per heavy atom. The van der Waals surface area contributed by atoms with Gasteiger partial charge in [-0.3, -0.25) is 4.84 Å². The van der Waals surface area contributed by atoms with E-state index in [2.05, 4.69) is 19.3 Å². The topological polar surface area (TPSA) is 24.5 Å². The highest BCUT2D eigenvalue weighted by atomic mass is 16.7. The van der Waals surface area contributed by atoms with Gasteiger partial charge in [-0.1, -0.05) is 0 Å². The van der Waals surface area contributed by atoms with Crippen LogP contribution in [-0.4, -0.2) is 25.4 Å². The van der Waals surface area contributed by atoms with Crippen molar-refractivity contribution in [1.29, 1.82) is 0 Å². The molecule has 3 nitrogen and oxygen atoms in total. The van der Waals surface area contributed by atoms with Crippen LogP contribution in [0.5, 0.6) is 0 Å². The molecule has 1 N–H and O–H groups in total. The SMILES string of the molecule is CON(C)NC(C)C. The van der Waals surface area contributed by atoms with Gasteiger partial charge in [-0.2, -0.15) is 0 Å². The maximum Gasteiger partial charge on any atom is 0.0591 e. The standard InChI is InChI=1S/C5H14N2O/c1-5(2)6-7(3)8-4/h5-6H,1-4H3. The highest BCUT2D eigenvalue weighted by Crippen LogP contribution is 1.78. The fraction of sp³-hybridized carbons (Fsp3) is 1.00. The van der Waals surface area contributed by atoms with Crippen molar-refractivity contribution in [2.24, 2.45) is 0 Å². The Morgan fingerprint density at radius 3 is 2.12 bits per heavy atom. The normalized spacial score (nSPS) is 11.2. The lowest BCUT2D eigenvalue weighted by atomic mass is 10.4. The molecule has 0 rings (SSSR count). The summed E-state index contributed by atoms with van der Waals surface area (Å²) >= 11 is 0. The van der Waals surface area contributed by atoms with Gasteiger partial charge in [-0.25, -0.2) is 5.43 Å². The first kappa shape index (κ1) is 7.88. The molecule has 50 valence electrons. The summed E-state index contributed by atoms with van der Waals surface area (Å²) in [6.07, 6.45) is 0. The van der Waals surface area contributed by atoms with Crippen molar-refractivity contribution in [3.63, 3.8) is 0 Å². The van der Waals surface area contributed by atoms with Crippen LogP contribution in [0.3, 0.4) is 0 Å². The molecule has 0 atom stereocenters. The van der Waals surface area contributed by atoms with Crippen molar-refractivity contribution < 1.29 is 4.84 Å². The van der Waals surface area contributed by atoms with Crippen molar-refractivity contribution in [3.8, 4) is 0 Å². The highest BCUT2D eigenvalue weighted by Gasteiger charge is 1.94. The molecular formula is C5H14N2O. The molecule has 3 heteroatoms. The minimum absolute atomic E-state index is 0.431. The predicted octanol–water partition coefficient (Wildman–Crippen LogP) is 0.393. The van der Waals surface area contributed by atoms with E-state index < -0.39 is 0 Å². The average molecular weight is 118 g/mol. The van der Waals surface area contributed by atoms with Crippen molar-refractivity contribution in [2.75, 3.05) is 14.2 Å². The van der Waals surface area contributed by atoms with Gasteiger partial charge < -0.3 is 0 Å². The number of hydrazine groups is 1. The van der Waals surface area contributed by atoms with Crippen molar-refractivity contribution in [1.82, 2.24) is 10.6 Å². The fourth-order valence-electron chi connectivity index (χ4n) is 0.416. The van der Waals surface area contributed by atoms with E-state index >= 15 is 0 Å². The molecule has 0 aromatic rings. The molecule has 0 fully saturated rings. The molecule has 0 saturated heterocycles. The van der Waals surface area contributed by atoms with Gasteiger partial charge in [-0.15, -0.1) is 5.17 Å². The van der Waals surface area contributed by atoms with Gasteiger partial charge in [0.1, 0.15) is 0 Å². The molecule has 0 saturated carbocycles. The number of rotatable bonds is 3. The zero-order chi connectivity index (χ0) is 6.57. The quantitative estimate of drug-likeness (QED) is 0.543. The summed E-state index contributed by atoms with van der Waals surface area (Å²) in [5.41, 5.74) is 3.00. The van der Waals surface area contributed by atoms with Crippen LogP contribution >= 0.6 is 0 Å². The Kier molecular flexibility index (Phi) is 3.77. The van der Waals surface area contributed by atoms with Crippen LogP contribution in [-0.2, 0) is 4.84 Å². The Morgan fingerprint density at radius 2 is 2.00 bits per heavy atom. The minimum atomic E-state index is 0.431. The number of hydroxylamine groups is 1. The molecule has 0 radical (unpaired) electrons. The molecule has 0 unspecified atom stereocenters.